The zero-order chi connectivity index (χ0) is 14.5. The molecule has 2 heteroatoms. The molecule has 2 rings (SSSR count). The Morgan fingerprint density at radius 1 is 0.950 bits per heavy atom. The van der Waals surface area contributed by atoms with E-state index < -0.39 is 0 Å². The molecule has 2 aromatic rings. The molecule has 0 aliphatic rings. The average molecular weight is 287 g/mol. The molecule has 0 aliphatic heterocycles. The Balaban J connectivity index is 1.87. The minimum Gasteiger partial charge on any atom is -0.305 e. The van der Waals surface area contributed by atoms with Gasteiger partial charge in [-0.15, -0.1) is 11.3 Å². The molecule has 0 aliphatic carbocycles. The van der Waals surface area contributed by atoms with Gasteiger partial charge in [-0.2, -0.15) is 0 Å². The topological polar surface area (TPSA) is 12.0 Å². The van der Waals surface area contributed by atoms with Crippen molar-refractivity contribution in [2.24, 2.45) is 5.92 Å². The molecule has 0 saturated carbocycles. The van der Waals surface area contributed by atoms with E-state index in [2.05, 4.69) is 69.4 Å². The minimum absolute atomic E-state index is 0.420. The molecular formula is C18H25NS. The van der Waals surface area contributed by atoms with E-state index in [1.54, 1.807) is 0 Å². The van der Waals surface area contributed by atoms with Gasteiger partial charge in [0.1, 0.15) is 0 Å². The van der Waals surface area contributed by atoms with Gasteiger partial charge in [0, 0.05) is 22.3 Å². The first-order chi connectivity index (χ1) is 9.54. The summed E-state index contributed by atoms with van der Waals surface area (Å²) in [5.74, 6) is 0.723. The summed E-state index contributed by atoms with van der Waals surface area (Å²) in [6, 6.07) is 13.9. The molecule has 0 bridgehead atoms. The van der Waals surface area contributed by atoms with E-state index in [1.807, 2.05) is 11.3 Å². The van der Waals surface area contributed by atoms with Gasteiger partial charge in [-0.1, -0.05) is 38.1 Å². The lowest BCUT2D eigenvalue weighted by molar-refractivity contribution is 0.582. The van der Waals surface area contributed by atoms with Gasteiger partial charge in [-0.25, -0.2) is 0 Å². The van der Waals surface area contributed by atoms with Crippen LogP contribution in [0.2, 0.25) is 0 Å². The second-order valence-electron chi connectivity index (χ2n) is 5.97. The highest BCUT2D eigenvalue weighted by Gasteiger charge is 2.07. The zero-order valence-electron chi connectivity index (χ0n) is 12.9. The highest BCUT2D eigenvalue weighted by Crippen LogP contribution is 2.22. The van der Waals surface area contributed by atoms with Crippen molar-refractivity contribution in [1.29, 1.82) is 0 Å². The molecular weight excluding hydrogens is 262 g/mol. The second kappa shape index (κ2) is 7.05. The molecule has 0 amide bonds. The number of benzene rings is 1. The average Bonchev–Trinajstić information content (AvgIpc) is 2.84. The Hall–Kier alpha value is -1.12. The summed E-state index contributed by atoms with van der Waals surface area (Å²) >= 11 is 1.88. The molecule has 1 heterocycles. The predicted molar refractivity (Wildman–Crippen MR) is 89.3 cm³/mol. The van der Waals surface area contributed by atoms with Gasteiger partial charge in [0.15, 0.2) is 0 Å². The van der Waals surface area contributed by atoms with Crippen molar-refractivity contribution < 1.29 is 0 Å². The summed E-state index contributed by atoms with van der Waals surface area (Å²) in [5.41, 5.74) is 2.79. The van der Waals surface area contributed by atoms with E-state index in [4.69, 9.17) is 0 Å². The third kappa shape index (κ3) is 4.46. The summed E-state index contributed by atoms with van der Waals surface area (Å²) in [4.78, 5) is 2.80. The van der Waals surface area contributed by atoms with Gasteiger partial charge < -0.3 is 5.32 Å². The minimum atomic E-state index is 0.420. The van der Waals surface area contributed by atoms with Gasteiger partial charge in [0.25, 0.3) is 0 Å². The molecule has 0 fully saturated rings. The Morgan fingerprint density at radius 3 is 2.15 bits per heavy atom. The number of rotatable bonds is 6. The first-order valence-electron chi connectivity index (χ1n) is 7.42. The van der Waals surface area contributed by atoms with Gasteiger partial charge in [-0.3, -0.25) is 0 Å². The smallest absolute Gasteiger partial charge is 0.0388 e. The lowest BCUT2D eigenvalue weighted by atomic mass is 10.0. The molecule has 1 aromatic carbocycles. The Kier molecular flexibility index (Phi) is 5.38. The maximum Gasteiger partial charge on any atom is 0.0388 e. The van der Waals surface area contributed by atoms with E-state index in [0.717, 1.165) is 12.5 Å². The van der Waals surface area contributed by atoms with E-state index in [9.17, 15) is 0 Å². The highest BCUT2D eigenvalue weighted by atomic mass is 32.1. The van der Waals surface area contributed by atoms with E-state index in [0.29, 0.717) is 6.04 Å². The summed E-state index contributed by atoms with van der Waals surface area (Å²) in [7, 11) is 0. The molecule has 20 heavy (non-hydrogen) atoms. The van der Waals surface area contributed by atoms with Crippen LogP contribution in [0.15, 0.2) is 36.4 Å². The number of thiophene rings is 1. The van der Waals surface area contributed by atoms with Crippen molar-refractivity contribution in [3.8, 4) is 0 Å². The number of hydrogen-bond donors (Lipinski definition) is 1. The van der Waals surface area contributed by atoms with E-state index in [-0.39, 0.29) is 0 Å². The monoisotopic (exact) mass is 287 g/mol. The van der Waals surface area contributed by atoms with E-state index in [1.165, 1.54) is 27.3 Å². The van der Waals surface area contributed by atoms with Crippen LogP contribution in [0.4, 0.5) is 0 Å². The molecule has 0 spiro atoms. The maximum atomic E-state index is 3.60. The quantitative estimate of drug-likeness (QED) is 0.779. The predicted octanol–water partition coefficient (Wildman–Crippen LogP) is 5.11. The first-order valence-corrected chi connectivity index (χ1v) is 8.24. The Labute approximate surface area is 127 Å². The summed E-state index contributed by atoms with van der Waals surface area (Å²) in [6.07, 6.45) is 1.17. The lowest BCUT2D eigenvalue weighted by Crippen LogP contribution is -2.17. The van der Waals surface area contributed by atoms with Gasteiger partial charge >= 0.3 is 0 Å². The van der Waals surface area contributed by atoms with Crippen LogP contribution in [0.25, 0.3) is 0 Å². The third-order valence-corrected chi connectivity index (χ3v) is 4.65. The molecule has 108 valence electrons. The normalized spacial score (nSPS) is 12.8. The van der Waals surface area contributed by atoms with Crippen molar-refractivity contribution in [2.75, 3.05) is 0 Å². The van der Waals surface area contributed by atoms with Crippen LogP contribution in [-0.4, -0.2) is 0 Å². The van der Waals surface area contributed by atoms with Gasteiger partial charge in [0.2, 0.25) is 0 Å². The van der Waals surface area contributed by atoms with Crippen molar-refractivity contribution in [3.63, 3.8) is 0 Å². The number of hydrogen-bond acceptors (Lipinski definition) is 2. The third-order valence-electron chi connectivity index (χ3n) is 3.47. The summed E-state index contributed by atoms with van der Waals surface area (Å²) < 4.78 is 0. The highest BCUT2D eigenvalue weighted by molar-refractivity contribution is 7.12. The fourth-order valence-electron chi connectivity index (χ4n) is 2.32. The van der Waals surface area contributed by atoms with E-state index >= 15 is 0 Å². The van der Waals surface area contributed by atoms with Gasteiger partial charge in [-0.05, 0) is 49.4 Å². The summed E-state index contributed by atoms with van der Waals surface area (Å²) in [5, 5.41) is 3.60. The van der Waals surface area contributed by atoms with Crippen LogP contribution in [0.3, 0.4) is 0 Å². The molecule has 1 unspecified atom stereocenters. The fourth-order valence-corrected chi connectivity index (χ4v) is 3.23. The molecule has 0 saturated heterocycles. The van der Waals surface area contributed by atoms with Crippen molar-refractivity contribution in [1.82, 2.24) is 5.32 Å². The second-order valence-corrected chi connectivity index (χ2v) is 7.28. The largest absolute Gasteiger partial charge is 0.305 e. The Bertz CT molecular complexity index is 525. The van der Waals surface area contributed by atoms with Crippen molar-refractivity contribution in [3.05, 3.63) is 57.3 Å². The maximum absolute atomic E-state index is 3.60. The lowest BCUT2D eigenvalue weighted by Gasteiger charge is -2.12. The molecule has 1 N–H and O–H groups in total. The molecule has 1 nitrogen and oxygen atoms in total. The number of nitrogens with one attached hydrogen (secondary N) is 1. The van der Waals surface area contributed by atoms with Crippen LogP contribution >= 0.6 is 11.3 Å². The van der Waals surface area contributed by atoms with Crippen LogP contribution in [0.1, 0.15) is 47.7 Å². The Morgan fingerprint density at radius 2 is 1.60 bits per heavy atom. The van der Waals surface area contributed by atoms with Crippen molar-refractivity contribution in [2.45, 2.75) is 46.7 Å². The van der Waals surface area contributed by atoms with Crippen LogP contribution in [0.5, 0.6) is 0 Å². The molecule has 1 aromatic heterocycles. The first kappa shape index (κ1) is 15.3. The van der Waals surface area contributed by atoms with Crippen LogP contribution < -0.4 is 5.32 Å². The van der Waals surface area contributed by atoms with Crippen LogP contribution in [0, 0.1) is 12.8 Å². The zero-order valence-corrected chi connectivity index (χ0v) is 13.8. The standard InChI is InChI=1S/C18H25NS/c1-13(2)11-16-6-8-17(9-7-16)12-19-15(4)18-10-5-14(3)20-18/h5-10,13,15,19H,11-12H2,1-4H3. The van der Waals surface area contributed by atoms with Crippen LogP contribution in [-0.2, 0) is 13.0 Å². The molecule has 1 atom stereocenters. The van der Waals surface area contributed by atoms with Crippen molar-refractivity contribution >= 4 is 11.3 Å². The summed E-state index contributed by atoms with van der Waals surface area (Å²) in [6.45, 7) is 9.85. The SMILES string of the molecule is Cc1ccc(C(C)NCc2ccc(CC(C)C)cc2)s1. The van der Waals surface area contributed by atoms with Gasteiger partial charge in [0.05, 0.1) is 0 Å². The molecule has 0 radical (unpaired) electrons. The fraction of sp³-hybridized carbons (Fsp3) is 0.444. The number of aryl methyl sites for hydroxylation is 1.